The number of hydrazine groups is 1. The summed E-state index contributed by atoms with van der Waals surface area (Å²) in [6.07, 6.45) is 6.20. The third kappa shape index (κ3) is 4.75. The molecule has 6 nitrogen and oxygen atoms in total. The summed E-state index contributed by atoms with van der Waals surface area (Å²) >= 11 is 0. The van der Waals surface area contributed by atoms with E-state index in [2.05, 4.69) is 28.6 Å². The Kier molecular flexibility index (Phi) is 6.74. The van der Waals surface area contributed by atoms with Gasteiger partial charge in [0.05, 0.1) is 45.9 Å². The zero-order chi connectivity index (χ0) is 23.2. The number of ether oxygens (including phenoxy) is 4. The van der Waals surface area contributed by atoms with Gasteiger partial charge in [0, 0.05) is 11.1 Å². The van der Waals surface area contributed by atoms with Crippen molar-refractivity contribution in [2.75, 3.05) is 33.4 Å². The second-order valence-corrected chi connectivity index (χ2v) is 7.43. The number of benzene rings is 3. The number of rotatable bonds is 8. The van der Waals surface area contributed by atoms with Crippen molar-refractivity contribution in [3.63, 3.8) is 0 Å². The molecule has 6 heteroatoms. The van der Waals surface area contributed by atoms with E-state index in [-0.39, 0.29) is 6.04 Å². The third-order valence-corrected chi connectivity index (χ3v) is 5.53. The molecular formula is C27H28N2O4. The van der Waals surface area contributed by atoms with Crippen molar-refractivity contribution < 1.29 is 18.9 Å². The lowest BCUT2D eigenvalue weighted by molar-refractivity contribution is 0.396. The zero-order valence-corrected chi connectivity index (χ0v) is 19.2. The number of allylic oxidation sites excluding steroid dienone is 1. The fraction of sp³-hybridized carbons (Fsp3) is 0.185. The smallest absolute Gasteiger partial charge is 0.126 e. The summed E-state index contributed by atoms with van der Waals surface area (Å²) in [5.41, 5.74) is 7.42. The Morgan fingerprint density at radius 1 is 0.727 bits per heavy atom. The lowest BCUT2D eigenvalue weighted by atomic mass is 10.0. The van der Waals surface area contributed by atoms with Gasteiger partial charge in [-0.15, -0.1) is 0 Å². The molecule has 0 radical (unpaired) electrons. The zero-order valence-electron chi connectivity index (χ0n) is 19.2. The minimum absolute atomic E-state index is 0.107. The van der Waals surface area contributed by atoms with E-state index in [1.54, 1.807) is 28.4 Å². The maximum absolute atomic E-state index is 5.67. The molecule has 33 heavy (non-hydrogen) atoms. The van der Waals surface area contributed by atoms with Crippen molar-refractivity contribution in [3.8, 4) is 23.0 Å². The van der Waals surface area contributed by atoms with Gasteiger partial charge in [0.15, 0.2) is 0 Å². The van der Waals surface area contributed by atoms with Crippen LogP contribution in [0.5, 0.6) is 23.0 Å². The number of hydrogen-bond acceptors (Lipinski definition) is 6. The van der Waals surface area contributed by atoms with Gasteiger partial charge in [-0.05, 0) is 66.8 Å². The van der Waals surface area contributed by atoms with Gasteiger partial charge in [0.25, 0.3) is 0 Å². The standard InChI is InChI=1S/C27H28N2O4/c1-30-22-12-14-26(32-3)19(16-22)10-11-20-17-25(29(28-20)21-8-6-5-7-9-21)24-18-23(31-2)13-15-27(24)33-4/h5-18,25,28H,1-4H3. The van der Waals surface area contributed by atoms with Crippen LogP contribution in [-0.2, 0) is 0 Å². The normalized spacial score (nSPS) is 15.2. The third-order valence-electron chi connectivity index (χ3n) is 5.53. The number of nitrogens with one attached hydrogen (secondary N) is 1. The molecule has 0 amide bonds. The van der Waals surface area contributed by atoms with E-state index in [9.17, 15) is 0 Å². The van der Waals surface area contributed by atoms with Crippen molar-refractivity contribution in [1.82, 2.24) is 5.43 Å². The van der Waals surface area contributed by atoms with Crippen LogP contribution in [0.1, 0.15) is 17.2 Å². The van der Waals surface area contributed by atoms with Crippen molar-refractivity contribution in [1.29, 1.82) is 0 Å². The van der Waals surface area contributed by atoms with Crippen LogP contribution >= 0.6 is 0 Å². The predicted molar refractivity (Wildman–Crippen MR) is 131 cm³/mol. The summed E-state index contributed by atoms with van der Waals surface area (Å²) in [5.74, 6) is 3.11. The summed E-state index contributed by atoms with van der Waals surface area (Å²) in [4.78, 5) is 0. The topological polar surface area (TPSA) is 52.2 Å². The van der Waals surface area contributed by atoms with E-state index in [4.69, 9.17) is 18.9 Å². The fourth-order valence-corrected chi connectivity index (χ4v) is 3.85. The maximum Gasteiger partial charge on any atom is 0.126 e. The van der Waals surface area contributed by atoms with Gasteiger partial charge in [0.1, 0.15) is 23.0 Å². The number of anilines is 1. The van der Waals surface area contributed by atoms with Crippen LogP contribution in [0.25, 0.3) is 6.08 Å². The van der Waals surface area contributed by atoms with Crippen LogP contribution in [0.3, 0.4) is 0 Å². The Bertz CT molecular complexity index is 1160. The van der Waals surface area contributed by atoms with Crippen LogP contribution in [0.4, 0.5) is 5.69 Å². The average Bonchev–Trinajstić information content (AvgIpc) is 3.31. The van der Waals surface area contributed by atoms with E-state index < -0.39 is 0 Å². The Hall–Kier alpha value is -4.06. The van der Waals surface area contributed by atoms with E-state index in [1.807, 2.05) is 66.7 Å². The molecule has 1 aliphatic heterocycles. The molecular weight excluding hydrogens is 416 g/mol. The molecule has 0 saturated carbocycles. The van der Waals surface area contributed by atoms with Crippen LogP contribution in [-0.4, -0.2) is 28.4 Å². The first-order valence-electron chi connectivity index (χ1n) is 10.6. The van der Waals surface area contributed by atoms with Gasteiger partial charge in [-0.25, -0.2) is 0 Å². The van der Waals surface area contributed by atoms with E-state index >= 15 is 0 Å². The van der Waals surface area contributed by atoms with Crippen LogP contribution in [0.2, 0.25) is 0 Å². The van der Waals surface area contributed by atoms with Crippen molar-refractivity contribution in [3.05, 3.63) is 95.7 Å². The molecule has 170 valence electrons. The molecule has 0 aromatic heterocycles. The quantitative estimate of drug-likeness (QED) is 0.503. The van der Waals surface area contributed by atoms with Gasteiger partial charge in [-0.2, -0.15) is 0 Å². The number of nitrogens with zero attached hydrogens (tertiary/aromatic N) is 1. The first-order valence-corrected chi connectivity index (χ1v) is 10.6. The van der Waals surface area contributed by atoms with E-state index in [0.29, 0.717) is 0 Å². The molecule has 0 saturated heterocycles. The number of methoxy groups -OCH3 is 4. The number of para-hydroxylation sites is 1. The molecule has 4 rings (SSSR count). The average molecular weight is 445 g/mol. The molecule has 0 aliphatic carbocycles. The number of hydrogen-bond donors (Lipinski definition) is 1. The monoisotopic (exact) mass is 444 g/mol. The summed E-state index contributed by atoms with van der Waals surface area (Å²) in [7, 11) is 6.66. The first kappa shape index (κ1) is 22.1. The van der Waals surface area contributed by atoms with Gasteiger partial charge in [-0.3, -0.25) is 10.4 Å². The van der Waals surface area contributed by atoms with Crippen LogP contribution < -0.4 is 29.4 Å². The Morgan fingerprint density at radius 3 is 2.06 bits per heavy atom. The Morgan fingerprint density at radius 2 is 1.39 bits per heavy atom. The van der Waals surface area contributed by atoms with Gasteiger partial charge < -0.3 is 18.9 Å². The second kappa shape index (κ2) is 10.0. The van der Waals surface area contributed by atoms with Crippen LogP contribution in [0.15, 0.2) is 84.6 Å². The maximum atomic E-state index is 5.67. The molecule has 3 aromatic carbocycles. The summed E-state index contributed by atoms with van der Waals surface area (Å²) in [6.45, 7) is 0. The molecule has 3 aromatic rings. The fourth-order valence-electron chi connectivity index (χ4n) is 3.85. The molecule has 1 atom stereocenters. The molecule has 1 aliphatic rings. The van der Waals surface area contributed by atoms with Crippen molar-refractivity contribution in [2.45, 2.75) is 6.04 Å². The highest BCUT2D eigenvalue weighted by atomic mass is 16.5. The Balaban J connectivity index is 1.73. The SMILES string of the molecule is COc1ccc(OC)c(C=CC2=CC(c3cc(OC)ccc3OC)N(c3ccccc3)N2)c1. The largest absolute Gasteiger partial charge is 0.497 e. The molecule has 0 bridgehead atoms. The highest BCUT2D eigenvalue weighted by Crippen LogP contribution is 2.38. The van der Waals surface area contributed by atoms with Gasteiger partial charge in [0.2, 0.25) is 0 Å². The predicted octanol–water partition coefficient (Wildman–Crippen LogP) is 5.38. The molecule has 1 heterocycles. The molecule has 1 N–H and O–H groups in total. The molecule has 1 unspecified atom stereocenters. The summed E-state index contributed by atoms with van der Waals surface area (Å²) in [6, 6.07) is 21.6. The highest BCUT2D eigenvalue weighted by molar-refractivity contribution is 5.64. The lowest BCUT2D eigenvalue weighted by Crippen LogP contribution is -2.34. The van der Waals surface area contributed by atoms with Gasteiger partial charge >= 0.3 is 0 Å². The van der Waals surface area contributed by atoms with E-state index in [0.717, 1.165) is 45.5 Å². The summed E-state index contributed by atoms with van der Waals surface area (Å²) < 4.78 is 22.0. The van der Waals surface area contributed by atoms with Crippen molar-refractivity contribution >= 4 is 11.8 Å². The van der Waals surface area contributed by atoms with E-state index in [1.165, 1.54) is 0 Å². The Labute approximate surface area is 194 Å². The minimum atomic E-state index is -0.107. The second-order valence-electron chi connectivity index (χ2n) is 7.43. The molecule has 0 spiro atoms. The first-order chi connectivity index (χ1) is 16.2. The highest BCUT2D eigenvalue weighted by Gasteiger charge is 2.28. The minimum Gasteiger partial charge on any atom is -0.497 e. The van der Waals surface area contributed by atoms with Crippen molar-refractivity contribution in [2.24, 2.45) is 0 Å². The van der Waals surface area contributed by atoms with Gasteiger partial charge in [-0.1, -0.05) is 18.2 Å². The van der Waals surface area contributed by atoms with Crippen LogP contribution in [0, 0.1) is 0 Å². The summed E-state index contributed by atoms with van der Waals surface area (Å²) in [5, 5.41) is 2.11. The molecule has 0 fully saturated rings. The lowest BCUT2D eigenvalue weighted by Gasteiger charge is -2.28.